The first-order valence-electron chi connectivity index (χ1n) is 3.76. The highest BCUT2D eigenvalue weighted by molar-refractivity contribution is 7.80. The van der Waals surface area contributed by atoms with Gasteiger partial charge in [-0.1, -0.05) is 0 Å². The Labute approximate surface area is 76.0 Å². The molecule has 0 spiro atoms. The first-order valence-corrected chi connectivity index (χ1v) is 4.40. The Bertz CT molecular complexity index is 207. The van der Waals surface area contributed by atoms with Crippen molar-refractivity contribution < 1.29 is 14.7 Å². The molecular formula is C7H11NO3S. The fraction of sp³-hybridized carbons (Fsp3) is 0.714. The van der Waals surface area contributed by atoms with Gasteiger partial charge in [-0.05, 0) is 0 Å². The predicted octanol–water partition coefficient (Wildman–Crippen LogP) is -0.151. The van der Waals surface area contributed by atoms with Crippen molar-refractivity contribution in [2.45, 2.75) is 6.42 Å². The zero-order valence-corrected chi connectivity index (χ0v) is 7.46. The normalized spacial score (nSPS) is 23.2. The summed E-state index contributed by atoms with van der Waals surface area (Å²) in [5.41, 5.74) is 0. The number of carboxylic acid groups (broad SMARTS) is 1. The molecule has 1 amide bonds. The van der Waals surface area contributed by atoms with Gasteiger partial charge < -0.3 is 10.0 Å². The van der Waals surface area contributed by atoms with E-state index < -0.39 is 11.9 Å². The van der Waals surface area contributed by atoms with Gasteiger partial charge in [-0.25, -0.2) is 0 Å². The van der Waals surface area contributed by atoms with Crippen molar-refractivity contribution in [3.63, 3.8) is 0 Å². The van der Waals surface area contributed by atoms with Crippen LogP contribution in [0.2, 0.25) is 0 Å². The number of likely N-dealkylation sites (tertiary alicyclic amines) is 1. The number of rotatable bonds is 3. The number of hydrogen-bond donors (Lipinski definition) is 2. The van der Waals surface area contributed by atoms with Crippen LogP contribution >= 0.6 is 12.6 Å². The Balaban J connectivity index is 2.50. The average molecular weight is 189 g/mol. The number of carbonyl (C=O) groups excluding carboxylic acids is 1. The Morgan fingerprint density at radius 2 is 2.42 bits per heavy atom. The number of carbonyl (C=O) groups is 2. The second kappa shape index (κ2) is 3.80. The van der Waals surface area contributed by atoms with E-state index in [9.17, 15) is 9.59 Å². The van der Waals surface area contributed by atoms with Crippen molar-refractivity contribution >= 4 is 24.5 Å². The molecule has 0 bridgehead atoms. The molecule has 5 heteroatoms. The van der Waals surface area contributed by atoms with E-state index in [1.165, 1.54) is 0 Å². The molecule has 12 heavy (non-hydrogen) atoms. The van der Waals surface area contributed by atoms with E-state index >= 15 is 0 Å². The molecule has 4 nitrogen and oxygen atoms in total. The van der Waals surface area contributed by atoms with Gasteiger partial charge in [0.05, 0.1) is 5.92 Å². The molecule has 1 aliphatic heterocycles. The molecule has 1 aliphatic rings. The minimum atomic E-state index is -0.884. The van der Waals surface area contributed by atoms with Gasteiger partial charge in [0.25, 0.3) is 0 Å². The highest BCUT2D eigenvalue weighted by Gasteiger charge is 2.33. The quantitative estimate of drug-likeness (QED) is 0.607. The second-order valence-electron chi connectivity index (χ2n) is 2.80. The highest BCUT2D eigenvalue weighted by atomic mass is 32.1. The zero-order valence-electron chi connectivity index (χ0n) is 6.56. The Kier molecular flexibility index (Phi) is 2.97. The van der Waals surface area contributed by atoms with Crippen molar-refractivity contribution in [1.29, 1.82) is 0 Å². The van der Waals surface area contributed by atoms with Gasteiger partial charge in [-0.2, -0.15) is 12.6 Å². The summed E-state index contributed by atoms with van der Waals surface area (Å²) >= 11 is 3.98. The van der Waals surface area contributed by atoms with E-state index in [1.807, 2.05) is 0 Å². The van der Waals surface area contributed by atoms with E-state index in [0.29, 0.717) is 18.8 Å². The lowest BCUT2D eigenvalue weighted by molar-refractivity contribution is -0.141. The number of hydrogen-bond acceptors (Lipinski definition) is 3. The summed E-state index contributed by atoms with van der Waals surface area (Å²) in [6, 6.07) is 0. The van der Waals surface area contributed by atoms with Gasteiger partial charge in [0.1, 0.15) is 0 Å². The molecule has 1 unspecified atom stereocenters. The molecule has 0 saturated carbocycles. The third-order valence-corrected chi connectivity index (χ3v) is 2.13. The van der Waals surface area contributed by atoms with E-state index in [1.54, 1.807) is 4.90 Å². The predicted molar refractivity (Wildman–Crippen MR) is 46.2 cm³/mol. The van der Waals surface area contributed by atoms with Gasteiger partial charge in [-0.15, -0.1) is 0 Å². The van der Waals surface area contributed by atoms with Crippen molar-refractivity contribution in [2.75, 3.05) is 18.8 Å². The van der Waals surface area contributed by atoms with E-state index in [-0.39, 0.29) is 12.3 Å². The molecule has 1 heterocycles. The summed E-state index contributed by atoms with van der Waals surface area (Å²) in [4.78, 5) is 23.2. The number of carboxylic acids is 1. The van der Waals surface area contributed by atoms with Crippen molar-refractivity contribution in [2.24, 2.45) is 5.92 Å². The van der Waals surface area contributed by atoms with Crippen LogP contribution in [0.1, 0.15) is 6.42 Å². The summed E-state index contributed by atoms with van der Waals surface area (Å²) in [5.74, 6) is -0.892. The molecule has 0 radical (unpaired) electrons. The third-order valence-electron chi connectivity index (χ3n) is 1.93. The lowest BCUT2D eigenvalue weighted by Gasteiger charge is -2.13. The molecule has 68 valence electrons. The maximum Gasteiger partial charge on any atom is 0.308 e. The fourth-order valence-corrected chi connectivity index (χ4v) is 1.52. The number of thiol groups is 1. The molecule has 0 aromatic carbocycles. The largest absolute Gasteiger partial charge is 0.481 e. The van der Waals surface area contributed by atoms with Crippen LogP contribution < -0.4 is 0 Å². The monoisotopic (exact) mass is 189 g/mol. The standard InChI is InChI=1S/C7H11NO3S/c9-6-3-5(7(10)11)4-8(6)1-2-12/h5,12H,1-4H2,(H,10,11). The zero-order chi connectivity index (χ0) is 9.14. The average Bonchev–Trinajstić information content (AvgIpc) is 2.34. The van der Waals surface area contributed by atoms with Crippen LogP contribution in [-0.2, 0) is 9.59 Å². The van der Waals surface area contributed by atoms with Gasteiger partial charge in [0.15, 0.2) is 0 Å². The third kappa shape index (κ3) is 1.91. The molecule has 1 N–H and O–H groups in total. The van der Waals surface area contributed by atoms with Gasteiger partial charge in [0, 0.05) is 25.3 Å². The summed E-state index contributed by atoms with van der Waals surface area (Å²) < 4.78 is 0. The topological polar surface area (TPSA) is 57.6 Å². The second-order valence-corrected chi connectivity index (χ2v) is 3.25. The summed E-state index contributed by atoms with van der Waals surface area (Å²) in [6.07, 6.45) is 0.142. The first kappa shape index (κ1) is 9.38. The van der Waals surface area contributed by atoms with Crippen LogP contribution in [0, 0.1) is 5.92 Å². The van der Waals surface area contributed by atoms with E-state index in [0.717, 1.165) is 0 Å². The minimum Gasteiger partial charge on any atom is -0.481 e. The summed E-state index contributed by atoms with van der Waals surface area (Å²) in [7, 11) is 0. The smallest absolute Gasteiger partial charge is 0.308 e. The van der Waals surface area contributed by atoms with E-state index in [4.69, 9.17) is 5.11 Å². The van der Waals surface area contributed by atoms with Crippen molar-refractivity contribution in [1.82, 2.24) is 4.90 Å². The summed E-state index contributed by atoms with van der Waals surface area (Å²) in [6.45, 7) is 0.889. The number of nitrogens with zero attached hydrogens (tertiary/aromatic N) is 1. The molecular weight excluding hydrogens is 178 g/mol. The van der Waals surface area contributed by atoms with Crippen LogP contribution in [-0.4, -0.2) is 40.7 Å². The Hall–Kier alpha value is -0.710. The maximum absolute atomic E-state index is 11.1. The molecule has 1 saturated heterocycles. The van der Waals surface area contributed by atoms with Crippen LogP contribution in [0.4, 0.5) is 0 Å². The van der Waals surface area contributed by atoms with Gasteiger partial charge in [0.2, 0.25) is 5.91 Å². The lowest BCUT2D eigenvalue weighted by Crippen LogP contribution is -2.28. The lowest BCUT2D eigenvalue weighted by atomic mass is 10.1. The Morgan fingerprint density at radius 3 is 2.83 bits per heavy atom. The first-order chi connectivity index (χ1) is 5.65. The minimum absolute atomic E-state index is 0.0727. The molecule has 0 aromatic rings. The van der Waals surface area contributed by atoms with Crippen LogP contribution in [0.5, 0.6) is 0 Å². The van der Waals surface area contributed by atoms with Crippen LogP contribution in [0.3, 0.4) is 0 Å². The van der Waals surface area contributed by atoms with Gasteiger partial charge >= 0.3 is 5.97 Å². The Morgan fingerprint density at radius 1 is 1.75 bits per heavy atom. The fourth-order valence-electron chi connectivity index (χ4n) is 1.27. The van der Waals surface area contributed by atoms with Gasteiger partial charge in [-0.3, -0.25) is 9.59 Å². The van der Waals surface area contributed by atoms with Crippen molar-refractivity contribution in [3.8, 4) is 0 Å². The highest BCUT2D eigenvalue weighted by Crippen LogP contribution is 2.17. The number of amides is 1. The molecule has 0 aliphatic carbocycles. The summed E-state index contributed by atoms with van der Waals surface area (Å²) in [5, 5.41) is 8.62. The van der Waals surface area contributed by atoms with Crippen molar-refractivity contribution in [3.05, 3.63) is 0 Å². The molecule has 1 fully saturated rings. The maximum atomic E-state index is 11.1. The van der Waals surface area contributed by atoms with Crippen LogP contribution in [0.15, 0.2) is 0 Å². The molecule has 1 atom stereocenters. The molecule has 1 rings (SSSR count). The van der Waals surface area contributed by atoms with Crippen LogP contribution in [0.25, 0.3) is 0 Å². The number of aliphatic carboxylic acids is 1. The SMILES string of the molecule is O=C(O)C1CC(=O)N(CCS)C1. The van der Waals surface area contributed by atoms with E-state index in [2.05, 4.69) is 12.6 Å². The molecule has 0 aromatic heterocycles.